The van der Waals surface area contributed by atoms with Crippen molar-refractivity contribution in [1.82, 2.24) is 9.47 Å². The molecule has 3 rings (SSSR count). The summed E-state index contributed by atoms with van der Waals surface area (Å²) in [6.45, 7) is 4.52. The zero-order chi connectivity index (χ0) is 17.8. The van der Waals surface area contributed by atoms with Crippen molar-refractivity contribution in [1.29, 1.82) is 0 Å². The number of benzene rings is 1. The summed E-state index contributed by atoms with van der Waals surface area (Å²) in [4.78, 5) is 26.7. The summed E-state index contributed by atoms with van der Waals surface area (Å²) in [7, 11) is 1.69. The maximum atomic E-state index is 12.7. The fourth-order valence-electron chi connectivity index (χ4n) is 3.34. The molecule has 25 heavy (non-hydrogen) atoms. The van der Waals surface area contributed by atoms with Gasteiger partial charge < -0.3 is 9.88 Å². The summed E-state index contributed by atoms with van der Waals surface area (Å²) < 4.78 is 1.49. The summed E-state index contributed by atoms with van der Waals surface area (Å²) in [5.74, 6) is 0.0219. The number of nitrogens with zero attached hydrogens (tertiary/aromatic N) is 2. The predicted octanol–water partition coefficient (Wildman–Crippen LogP) is 2.54. The summed E-state index contributed by atoms with van der Waals surface area (Å²) in [6.07, 6.45) is 3.62. The molecule has 1 unspecified atom stereocenters. The monoisotopic (exact) mass is 339 g/mol. The van der Waals surface area contributed by atoms with E-state index in [0.29, 0.717) is 5.69 Å². The highest BCUT2D eigenvalue weighted by atomic mass is 16.2. The quantitative estimate of drug-likeness (QED) is 0.931. The van der Waals surface area contributed by atoms with E-state index < -0.39 is 0 Å². The molecule has 1 atom stereocenters. The van der Waals surface area contributed by atoms with E-state index in [4.69, 9.17) is 0 Å². The number of aromatic nitrogens is 1. The molecule has 2 aromatic rings. The molecule has 0 spiro atoms. The molecule has 132 valence electrons. The molecule has 1 amide bonds. The molecule has 0 bridgehead atoms. The van der Waals surface area contributed by atoms with E-state index in [1.165, 1.54) is 10.1 Å². The van der Waals surface area contributed by atoms with Gasteiger partial charge in [-0.3, -0.25) is 14.5 Å². The lowest BCUT2D eigenvalue weighted by Gasteiger charge is -2.32. The van der Waals surface area contributed by atoms with Crippen molar-refractivity contribution in [3.05, 3.63) is 64.1 Å². The van der Waals surface area contributed by atoms with Crippen LogP contribution in [-0.2, 0) is 18.4 Å². The van der Waals surface area contributed by atoms with Gasteiger partial charge in [0, 0.05) is 32.4 Å². The molecule has 1 saturated heterocycles. The lowest BCUT2D eigenvalue weighted by Crippen LogP contribution is -2.40. The third-order valence-corrected chi connectivity index (χ3v) is 4.82. The Bertz CT molecular complexity index is 798. The Morgan fingerprint density at radius 2 is 2.04 bits per heavy atom. The molecule has 1 fully saturated rings. The first-order valence-electron chi connectivity index (χ1n) is 8.77. The maximum Gasteiger partial charge on any atom is 0.250 e. The highest BCUT2D eigenvalue weighted by Crippen LogP contribution is 2.21. The molecular weight excluding hydrogens is 314 g/mol. The second-order valence-electron chi connectivity index (χ2n) is 6.87. The topological polar surface area (TPSA) is 54.3 Å². The van der Waals surface area contributed by atoms with Crippen LogP contribution < -0.4 is 10.9 Å². The van der Waals surface area contributed by atoms with Gasteiger partial charge in [0.1, 0.15) is 0 Å². The largest absolute Gasteiger partial charge is 0.324 e. The number of amides is 1. The Balaban J connectivity index is 1.64. The average molecular weight is 339 g/mol. The number of anilines is 1. The Labute approximate surface area is 148 Å². The first-order chi connectivity index (χ1) is 12.0. The molecule has 0 saturated carbocycles. The van der Waals surface area contributed by atoms with E-state index in [1.807, 2.05) is 25.1 Å². The fraction of sp³-hybridized carbons (Fsp3) is 0.400. The Morgan fingerprint density at radius 3 is 2.80 bits per heavy atom. The minimum absolute atomic E-state index is 0.0194. The molecule has 1 aromatic heterocycles. The molecule has 1 aromatic carbocycles. The van der Waals surface area contributed by atoms with Crippen LogP contribution in [0.15, 0.2) is 47.4 Å². The molecule has 5 heteroatoms. The van der Waals surface area contributed by atoms with Crippen LogP contribution in [0.3, 0.4) is 0 Å². The lowest BCUT2D eigenvalue weighted by molar-refractivity contribution is -0.121. The summed E-state index contributed by atoms with van der Waals surface area (Å²) in [6, 6.07) is 11.9. The van der Waals surface area contributed by atoms with Crippen molar-refractivity contribution in [2.24, 2.45) is 13.0 Å². The third kappa shape index (κ3) is 4.37. The molecule has 1 aliphatic heterocycles. The average Bonchev–Trinajstić information content (AvgIpc) is 2.61. The van der Waals surface area contributed by atoms with E-state index in [2.05, 4.69) is 22.3 Å². The maximum absolute atomic E-state index is 12.7. The molecule has 1 aliphatic rings. The van der Waals surface area contributed by atoms with Crippen molar-refractivity contribution in [2.75, 3.05) is 18.4 Å². The first-order valence-corrected chi connectivity index (χ1v) is 8.77. The molecule has 5 nitrogen and oxygen atoms in total. The highest BCUT2D eigenvalue weighted by Gasteiger charge is 2.26. The van der Waals surface area contributed by atoms with Crippen molar-refractivity contribution >= 4 is 11.6 Å². The van der Waals surface area contributed by atoms with Crippen molar-refractivity contribution < 1.29 is 4.79 Å². The smallest absolute Gasteiger partial charge is 0.250 e. The number of pyridine rings is 1. The first kappa shape index (κ1) is 17.4. The second-order valence-corrected chi connectivity index (χ2v) is 6.87. The van der Waals surface area contributed by atoms with Gasteiger partial charge in [-0.05, 0) is 37.4 Å². The number of carbonyl (C=O) groups is 1. The third-order valence-electron chi connectivity index (χ3n) is 4.82. The molecule has 1 N–H and O–H groups in total. The molecule has 0 radical (unpaired) electrons. The SMILES string of the molecule is Cc1cc(=O)n(C)cc1NC(=O)C1CCCN(Cc2ccccc2)C1. The van der Waals surface area contributed by atoms with Crippen LogP contribution in [0.2, 0.25) is 0 Å². The number of aryl methyl sites for hydroxylation is 2. The minimum atomic E-state index is -0.0674. The Morgan fingerprint density at radius 1 is 1.28 bits per heavy atom. The zero-order valence-corrected chi connectivity index (χ0v) is 14.9. The Kier molecular flexibility index (Phi) is 5.34. The van der Waals surface area contributed by atoms with Gasteiger partial charge in [-0.2, -0.15) is 0 Å². The van der Waals surface area contributed by atoms with Crippen LogP contribution in [0.25, 0.3) is 0 Å². The number of piperidine rings is 1. The van der Waals surface area contributed by atoms with Gasteiger partial charge in [-0.15, -0.1) is 0 Å². The van der Waals surface area contributed by atoms with Crippen LogP contribution in [0.4, 0.5) is 5.69 Å². The Hall–Kier alpha value is -2.40. The lowest BCUT2D eigenvalue weighted by atomic mass is 9.96. The van der Waals surface area contributed by atoms with Crippen molar-refractivity contribution in [2.45, 2.75) is 26.3 Å². The van der Waals surface area contributed by atoms with Gasteiger partial charge >= 0.3 is 0 Å². The standard InChI is InChI=1S/C20H25N3O2/c1-15-11-19(24)22(2)14-18(15)21-20(25)17-9-6-10-23(13-17)12-16-7-4-3-5-8-16/h3-5,7-8,11,14,17H,6,9-10,12-13H2,1-2H3,(H,21,25). The summed E-state index contributed by atoms with van der Waals surface area (Å²) in [5, 5.41) is 3.01. The van der Waals surface area contributed by atoms with Crippen LogP contribution in [0, 0.1) is 12.8 Å². The number of likely N-dealkylation sites (tertiary alicyclic amines) is 1. The number of hydrogen-bond acceptors (Lipinski definition) is 3. The number of rotatable bonds is 4. The highest BCUT2D eigenvalue weighted by molar-refractivity contribution is 5.93. The van der Waals surface area contributed by atoms with E-state index in [1.54, 1.807) is 19.3 Å². The van der Waals surface area contributed by atoms with Crippen LogP contribution in [0.5, 0.6) is 0 Å². The van der Waals surface area contributed by atoms with Crippen molar-refractivity contribution in [3.63, 3.8) is 0 Å². The van der Waals surface area contributed by atoms with Crippen LogP contribution >= 0.6 is 0 Å². The van der Waals surface area contributed by atoms with Gasteiger partial charge in [0.15, 0.2) is 0 Å². The second kappa shape index (κ2) is 7.66. The number of hydrogen-bond donors (Lipinski definition) is 1. The van der Waals surface area contributed by atoms with E-state index in [0.717, 1.165) is 38.0 Å². The van der Waals surface area contributed by atoms with Crippen molar-refractivity contribution in [3.8, 4) is 0 Å². The van der Waals surface area contributed by atoms with Gasteiger partial charge in [0.05, 0.1) is 11.6 Å². The number of nitrogens with one attached hydrogen (secondary N) is 1. The summed E-state index contributed by atoms with van der Waals surface area (Å²) in [5.41, 5.74) is 2.72. The molecule has 2 heterocycles. The zero-order valence-electron chi connectivity index (χ0n) is 14.9. The van der Waals surface area contributed by atoms with Gasteiger partial charge in [0.2, 0.25) is 5.91 Å². The van der Waals surface area contributed by atoms with E-state index >= 15 is 0 Å². The number of carbonyl (C=O) groups excluding carboxylic acids is 1. The van der Waals surface area contributed by atoms with Gasteiger partial charge in [-0.25, -0.2) is 0 Å². The van der Waals surface area contributed by atoms with Gasteiger partial charge in [0.25, 0.3) is 5.56 Å². The van der Waals surface area contributed by atoms with E-state index in [-0.39, 0.29) is 17.4 Å². The van der Waals surface area contributed by atoms with E-state index in [9.17, 15) is 9.59 Å². The van der Waals surface area contributed by atoms with Gasteiger partial charge in [-0.1, -0.05) is 30.3 Å². The predicted molar refractivity (Wildman–Crippen MR) is 99.5 cm³/mol. The minimum Gasteiger partial charge on any atom is -0.324 e. The fourth-order valence-corrected chi connectivity index (χ4v) is 3.34. The van der Waals surface area contributed by atoms with Crippen LogP contribution in [0.1, 0.15) is 24.0 Å². The molecular formula is C20H25N3O2. The normalized spacial score (nSPS) is 18.1. The molecule has 0 aliphatic carbocycles. The summed E-state index contributed by atoms with van der Waals surface area (Å²) >= 11 is 0. The van der Waals surface area contributed by atoms with Crippen LogP contribution in [-0.4, -0.2) is 28.5 Å².